The van der Waals surface area contributed by atoms with Crippen molar-refractivity contribution in [2.45, 2.75) is 25.4 Å². The zero-order valence-electron chi connectivity index (χ0n) is 11.0. The van der Waals surface area contributed by atoms with E-state index in [2.05, 4.69) is 5.32 Å². The summed E-state index contributed by atoms with van der Waals surface area (Å²) in [5.41, 5.74) is -0.932. The Morgan fingerprint density at radius 3 is 2.67 bits per heavy atom. The molecule has 7 heteroatoms. The third-order valence-corrected chi connectivity index (χ3v) is 2.94. The van der Waals surface area contributed by atoms with Crippen molar-refractivity contribution < 1.29 is 22.7 Å². The van der Waals surface area contributed by atoms with Crippen LogP contribution in [-0.4, -0.2) is 12.5 Å². The molecule has 21 heavy (non-hydrogen) atoms. The smallest absolute Gasteiger partial charge is 0.416 e. The number of nitriles is 1. The van der Waals surface area contributed by atoms with Crippen molar-refractivity contribution in [3.05, 3.63) is 23.8 Å². The molecule has 0 saturated heterocycles. The third-order valence-electron chi connectivity index (χ3n) is 2.94. The van der Waals surface area contributed by atoms with Gasteiger partial charge in [-0.05, 0) is 30.9 Å². The second kappa shape index (κ2) is 6.04. The second-order valence-corrected chi connectivity index (χ2v) is 4.88. The van der Waals surface area contributed by atoms with Gasteiger partial charge in [0.1, 0.15) is 12.2 Å². The fraction of sp³-hybridized carbons (Fsp3) is 0.429. The maximum Gasteiger partial charge on any atom is 0.416 e. The first-order valence-electron chi connectivity index (χ1n) is 6.40. The number of ether oxygens (including phenoxy) is 1. The lowest BCUT2D eigenvalue weighted by atomic mass is 10.1. The molecule has 1 amide bonds. The fourth-order valence-electron chi connectivity index (χ4n) is 1.69. The Balaban J connectivity index is 2.18. The van der Waals surface area contributed by atoms with Crippen LogP contribution in [0.15, 0.2) is 18.2 Å². The molecule has 1 aromatic carbocycles. The van der Waals surface area contributed by atoms with Crippen molar-refractivity contribution in [3.63, 3.8) is 0 Å². The Labute approximate surface area is 119 Å². The van der Waals surface area contributed by atoms with Crippen LogP contribution >= 0.6 is 0 Å². The van der Waals surface area contributed by atoms with Gasteiger partial charge in [0.15, 0.2) is 0 Å². The molecular weight excluding hydrogens is 285 g/mol. The number of nitrogens with one attached hydrogen (secondary N) is 1. The zero-order valence-corrected chi connectivity index (χ0v) is 11.0. The number of nitrogens with zero attached hydrogens (tertiary/aromatic N) is 1. The van der Waals surface area contributed by atoms with Crippen molar-refractivity contribution in [1.29, 1.82) is 5.26 Å². The minimum Gasteiger partial charge on any atom is -0.493 e. The molecule has 1 aromatic rings. The molecule has 1 N–H and O–H groups in total. The number of benzene rings is 1. The molecule has 1 saturated carbocycles. The number of amides is 1. The number of carbonyl (C=O) groups excluding carboxylic acids is 1. The van der Waals surface area contributed by atoms with E-state index in [0.717, 1.165) is 25.0 Å². The van der Waals surface area contributed by atoms with Crippen molar-refractivity contribution in [3.8, 4) is 11.8 Å². The van der Waals surface area contributed by atoms with E-state index in [9.17, 15) is 18.0 Å². The molecule has 1 aliphatic rings. The lowest BCUT2D eigenvalue weighted by Gasteiger charge is -2.13. The second-order valence-electron chi connectivity index (χ2n) is 4.88. The normalized spacial score (nSPS) is 14.4. The number of carbonyl (C=O) groups is 1. The highest BCUT2D eigenvalue weighted by molar-refractivity contribution is 5.92. The van der Waals surface area contributed by atoms with Crippen LogP contribution < -0.4 is 10.1 Å². The summed E-state index contributed by atoms with van der Waals surface area (Å²) >= 11 is 0. The monoisotopic (exact) mass is 298 g/mol. The molecule has 0 bridgehead atoms. The molecular formula is C14H13F3N2O2. The lowest BCUT2D eigenvalue weighted by molar-refractivity contribution is -0.137. The Morgan fingerprint density at radius 2 is 2.10 bits per heavy atom. The minimum atomic E-state index is -4.53. The first-order valence-corrected chi connectivity index (χ1v) is 6.40. The molecule has 112 valence electrons. The summed E-state index contributed by atoms with van der Waals surface area (Å²) in [6, 6.07) is 4.68. The van der Waals surface area contributed by atoms with Crippen molar-refractivity contribution in [1.82, 2.24) is 0 Å². The van der Waals surface area contributed by atoms with E-state index in [0.29, 0.717) is 12.5 Å². The van der Waals surface area contributed by atoms with Crippen LogP contribution in [0.2, 0.25) is 0 Å². The van der Waals surface area contributed by atoms with Gasteiger partial charge in [-0.2, -0.15) is 18.4 Å². The molecule has 1 aliphatic carbocycles. The van der Waals surface area contributed by atoms with E-state index in [-0.39, 0.29) is 11.4 Å². The van der Waals surface area contributed by atoms with Gasteiger partial charge >= 0.3 is 6.18 Å². The summed E-state index contributed by atoms with van der Waals surface area (Å²) in [7, 11) is 0. The molecule has 0 radical (unpaired) electrons. The highest BCUT2D eigenvalue weighted by Gasteiger charge is 2.32. The maximum absolute atomic E-state index is 12.8. The maximum atomic E-state index is 12.8. The van der Waals surface area contributed by atoms with Crippen LogP contribution in [0.4, 0.5) is 18.9 Å². The molecule has 1 fully saturated rings. The van der Waals surface area contributed by atoms with Crippen LogP contribution in [0.5, 0.6) is 5.75 Å². The quantitative estimate of drug-likeness (QED) is 0.906. The average Bonchev–Trinajstić information content (AvgIpc) is 3.19. The Kier molecular flexibility index (Phi) is 4.36. The van der Waals surface area contributed by atoms with E-state index in [4.69, 9.17) is 10.00 Å². The fourth-order valence-corrected chi connectivity index (χ4v) is 1.69. The SMILES string of the molecule is N#CCC(=O)Nc1cc(OCC2CC2)cc(C(F)(F)F)c1. The first-order chi connectivity index (χ1) is 9.88. The molecule has 0 heterocycles. The zero-order chi connectivity index (χ0) is 15.5. The van der Waals surface area contributed by atoms with Gasteiger partial charge in [-0.25, -0.2) is 0 Å². The Morgan fingerprint density at radius 1 is 1.38 bits per heavy atom. The molecule has 0 aliphatic heterocycles. The standard InChI is InChI=1S/C14H13F3N2O2/c15-14(16,17)10-5-11(19-13(20)3-4-18)7-12(6-10)21-8-9-1-2-9/h5-7,9H,1-3,8H2,(H,19,20). The summed E-state index contributed by atoms with van der Waals surface area (Å²) in [5.74, 6) is -0.204. The predicted molar refractivity (Wildman–Crippen MR) is 68.5 cm³/mol. The lowest BCUT2D eigenvalue weighted by Crippen LogP contribution is -2.12. The Hall–Kier alpha value is -2.23. The molecule has 4 nitrogen and oxygen atoms in total. The average molecular weight is 298 g/mol. The first kappa shape index (κ1) is 15.2. The number of hydrogen-bond donors (Lipinski definition) is 1. The van der Waals surface area contributed by atoms with E-state index in [1.807, 2.05) is 0 Å². The van der Waals surface area contributed by atoms with Gasteiger partial charge in [0.05, 0.1) is 18.2 Å². The number of rotatable bonds is 5. The van der Waals surface area contributed by atoms with E-state index in [1.54, 1.807) is 6.07 Å². The van der Waals surface area contributed by atoms with Crippen LogP contribution in [0.3, 0.4) is 0 Å². The molecule has 0 spiro atoms. The van der Waals surface area contributed by atoms with Gasteiger partial charge in [0.25, 0.3) is 0 Å². The predicted octanol–water partition coefficient (Wildman–Crippen LogP) is 3.35. The number of anilines is 1. The largest absolute Gasteiger partial charge is 0.493 e. The van der Waals surface area contributed by atoms with Gasteiger partial charge < -0.3 is 10.1 Å². The van der Waals surface area contributed by atoms with Crippen LogP contribution in [0.25, 0.3) is 0 Å². The van der Waals surface area contributed by atoms with Crippen LogP contribution in [0.1, 0.15) is 24.8 Å². The third kappa shape index (κ3) is 4.67. The minimum absolute atomic E-state index is 0.0316. The molecule has 0 aromatic heterocycles. The Bertz CT molecular complexity index is 575. The van der Waals surface area contributed by atoms with Crippen molar-refractivity contribution in [2.75, 3.05) is 11.9 Å². The van der Waals surface area contributed by atoms with Crippen LogP contribution in [-0.2, 0) is 11.0 Å². The van der Waals surface area contributed by atoms with Gasteiger partial charge in [-0.15, -0.1) is 0 Å². The van der Waals surface area contributed by atoms with Gasteiger partial charge in [0.2, 0.25) is 5.91 Å². The van der Waals surface area contributed by atoms with E-state index in [1.165, 1.54) is 6.07 Å². The summed E-state index contributed by atoms with van der Waals surface area (Å²) in [6.45, 7) is 0.368. The van der Waals surface area contributed by atoms with E-state index >= 15 is 0 Å². The van der Waals surface area contributed by atoms with E-state index < -0.39 is 24.1 Å². The molecule has 0 atom stereocenters. The van der Waals surface area contributed by atoms with Crippen molar-refractivity contribution >= 4 is 11.6 Å². The van der Waals surface area contributed by atoms with Gasteiger partial charge in [-0.1, -0.05) is 0 Å². The van der Waals surface area contributed by atoms with Gasteiger partial charge in [0, 0.05) is 11.8 Å². The number of halogens is 3. The summed E-state index contributed by atoms with van der Waals surface area (Å²) in [6.07, 6.45) is -2.92. The highest BCUT2D eigenvalue weighted by Crippen LogP contribution is 2.35. The van der Waals surface area contributed by atoms with Crippen molar-refractivity contribution in [2.24, 2.45) is 5.92 Å². The highest BCUT2D eigenvalue weighted by atomic mass is 19.4. The topological polar surface area (TPSA) is 62.1 Å². The number of hydrogen-bond acceptors (Lipinski definition) is 3. The molecule has 2 rings (SSSR count). The number of alkyl halides is 3. The van der Waals surface area contributed by atoms with Gasteiger partial charge in [-0.3, -0.25) is 4.79 Å². The van der Waals surface area contributed by atoms with Crippen LogP contribution in [0, 0.1) is 17.2 Å². The summed E-state index contributed by atoms with van der Waals surface area (Å²) < 4.78 is 43.8. The summed E-state index contributed by atoms with van der Waals surface area (Å²) in [4.78, 5) is 11.3. The molecule has 0 unspecified atom stereocenters. The summed E-state index contributed by atoms with van der Waals surface area (Å²) in [5, 5.41) is 10.6.